The predicted molar refractivity (Wildman–Crippen MR) is 118 cm³/mol. The Balaban J connectivity index is 1.36. The Kier molecular flexibility index (Phi) is 6.20. The van der Waals surface area contributed by atoms with Gasteiger partial charge < -0.3 is 10.6 Å². The zero-order valence-electron chi connectivity index (χ0n) is 16.3. The minimum Gasteiger partial charge on any atom is -0.326 e. The molecule has 4 rings (SSSR count). The summed E-state index contributed by atoms with van der Waals surface area (Å²) in [5, 5.41) is 6.55. The number of anilines is 2. The number of aromatic nitrogens is 1. The third kappa shape index (κ3) is 5.21. The second-order valence-electron chi connectivity index (χ2n) is 7.56. The molecule has 0 radical (unpaired) electrons. The topological polar surface area (TPSA) is 71.1 Å². The number of hydrogen-bond acceptors (Lipinski definition) is 4. The molecule has 0 bridgehead atoms. The van der Waals surface area contributed by atoms with E-state index < -0.39 is 0 Å². The van der Waals surface area contributed by atoms with Crippen LogP contribution >= 0.6 is 11.3 Å². The maximum absolute atomic E-state index is 12.4. The number of nitrogens with one attached hydrogen (secondary N) is 2. The van der Waals surface area contributed by atoms with Gasteiger partial charge in [-0.25, -0.2) is 4.98 Å². The monoisotopic (exact) mass is 407 g/mol. The summed E-state index contributed by atoms with van der Waals surface area (Å²) in [6.07, 6.45) is 6.57. The Morgan fingerprint density at radius 2 is 1.79 bits per heavy atom. The molecular weight excluding hydrogens is 382 g/mol. The molecule has 0 atom stereocenters. The van der Waals surface area contributed by atoms with E-state index in [1.54, 1.807) is 0 Å². The number of aryl methyl sites for hydroxylation is 1. The van der Waals surface area contributed by atoms with Gasteiger partial charge in [0, 0.05) is 18.0 Å². The van der Waals surface area contributed by atoms with Gasteiger partial charge in [0.2, 0.25) is 11.8 Å². The number of rotatable bonds is 6. The van der Waals surface area contributed by atoms with Crippen molar-refractivity contribution in [3.8, 4) is 0 Å². The Morgan fingerprint density at radius 3 is 2.59 bits per heavy atom. The number of carbonyl (C=O) groups excluding carboxylic acids is 2. The van der Waals surface area contributed by atoms with E-state index in [-0.39, 0.29) is 17.7 Å². The highest BCUT2D eigenvalue weighted by Gasteiger charge is 2.22. The number of carbonyl (C=O) groups is 2. The van der Waals surface area contributed by atoms with Gasteiger partial charge in [0.1, 0.15) is 0 Å². The lowest BCUT2D eigenvalue weighted by molar-refractivity contribution is -0.120. The van der Waals surface area contributed by atoms with Gasteiger partial charge in [-0.2, -0.15) is 0 Å². The fourth-order valence-electron chi connectivity index (χ4n) is 3.76. The van der Waals surface area contributed by atoms with Gasteiger partial charge in [-0.1, -0.05) is 60.9 Å². The first-order valence-corrected chi connectivity index (χ1v) is 11.0. The minimum absolute atomic E-state index is 0.0192. The van der Waals surface area contributed by atoms with Crippen LogP contribution in [-0.2, 0) is 16.0 Å². The number of thiazole rings is 1. The molecule has 0 saturated heterocycles. The Bertz CT molecular complexity index is 994. The molecule has 6 heteroatoms. The molecule has 2 aromatic carbocycles. The molecule has 1 aliphatic rings. The Hall–Kier alpha value is -2.73. The zero-order chi connectivity index (χ0) is 20.1. The number of benzene rings is 2. The van der Waals surface area contributed by atoms with Crippen LogP contribution in [0.5, 0.6) is 0 Å². The van der Waals surface area contributed by atoms with Crippen LogP contribution in [0.15, 0.2) is 48.5 Å². The van der Waals surface area contributed by atoms with Crippen molar-refractivity contribution in [3.63, 3.8) is 0 Å². The van der Waals surface area contributed by atoms with Crippen molar-refractivity contribution in [3.05, 3.63) is 54.1 Å². The zero-order valence-corrected chi connectivity index (χ0v) is 17.1. The van der Waals surface area contributed by atoms with Gasteiger partial charge in [-0.3, -0.25) is 9.59 Å². The molecule has 0 unspecified atom stereocenters. The summed E-state index contributed by atoms with van der Waals surface area (Å²) in [6, 6.07) is 15.7. The van der Waals surface area contributed by atoms with Crippen molar-refractivity contribution < 1.29 is 9.59 Å². The highest BCUT2D eigenvalue weighted by molar-refractivity contribution is 7.22. The largest absolute Gasteiger partial charge is 0.326 e. The van der Waals surface area contributed by atoms with Crippen molar-refractivity contribution in [2.24, 2.45) is 5.92 Å². The molecule has 150 valence electrons. The van der Waals surface area contributed by atoms with E-state index in [4.69, 9.17) is 0 Å². The van der Waals surface area contributed by atoms with Crippen LogP contribution in [0.25, 0.3) is 10.2 Å². The van der Waals surface area contributed by atoms with Gasteiger partial charge in [-0.15, -0.1) is 0 Å². The number of hydrogen-bond donors (Lipinski definition) is 2. The second kappa shape index (κ2) is 9.18. The molecule has 29 heavy (non-hydrogen) atoms. The molecule has 2 N–H and O–H groups in total. The summed E-state index contributed by atoms with van der Waals surface area (Å²) >= 11 is 1.47. The molecule has 1 aromatic heterocycles. The van der Waals surface area contributed by atoms with E-state index in [2.05, 4.69) is 15.6 Å². The summed E-state index contributed by atoms with van der Waals surface area (Å²) in [5.74, 6) is 0.169. The standard InChI is InChI=1S/C23H25N3O2S/c27-21(14-11-16-7-3-1-4-8-16)24-18-12-13-20-19(15-18)25-23(29-20)26-22(28)17-9-5-2-6-10-17/h1,3-4,7-8,12-13,15,17H,2,5-6,9-11,14H2,(H,24,27)(H,25,26,28). The Labute approximate surface area is 174 Å². The maximum Gasteiger partial charge on any atom is 0.229 e. The average Bonchev–Trinajstić information content (AvgIpc) is 3.15. The SMILES string of the molecule is O=C(CCc1ccccc1)Nc1ccc2sc(NC(=O)C3CCCCC3)nc2c1. The van der Waals surface area contributed by atoms with E-state index in [1.165, 1.54) is 17.8 Å². The molecule has 1 aliphatic carbocycles. The van der Waals surface area contributed by atoms with Gasteiger partial charge in [-0.05, 0) is 43.0 Å². The molecule has 1 heterocycles. The predicted octanol–water partition coefficient (Wildman–Crippen LogP) is 5.39. The van der Waals surface area contributed by atoms with Crippen molar-refractivity contribution in [2.75, 3.05) is 10.6 Å². The Morgan fingerprint density at radius 1 is 1.00 bits per heavy atom. The van der Waals surface area contributed by atoms with Crippen LogP contribution in [0.2, 0.25) is 0 Å². The van der Waals surface area contributed by atoms with Crippen LogP contribution in [0.1, 0.15) is 44.1 Å². The lowest BCUT2D eigenvalue weighted by Crippen LogP contribution is -2.24. The molecule has 1 fully saturated rings. The van der Waals surface area contributed by atoms with E-state index in [9.17, 15) is 9.59 Å². The molecule has 5 nitrogen and oxygen atoms in total. The number of nitrogens with zero attached hydrogens (tertiary/aromatic N) is 1. The minimum atomic E-state index is -0.0192. The van der Waals surface area contributed by atoms with Crippen LogP contribution < -0.4 is 10.6 Å². The van der Waals surface area contributed by atoms with Crippen LogP contribution in [-0.4, -0.2) is 16.8 Å². The summed E-state index contributed by atoms with van der Waals surface area (Å²) in [6.45, 7) is 0. The number of fused-ring (bicyclic) bond motifs is 1. The highest BCUT2D eigenvalue weighted by atomic mass is 32.1. The third-order valence-corrected chi connectivity index (χ3v) is 6.31. The van der Waals surface area contributed by atoms with Crippen LogP contribution in [0, 0.1) is 5.92 Å². The van der Waals surface area contributed by atoms with Gasteiger partial charge in [0.25, 0.3) is 0 Å². The van der Waals surface area contributed by atoms with E-state index in [0.717, 1.165) is 47.2 Å². The van der Waals surface area contributed by atoms with E-state index in [1.807, 2.05) is 48.5 Å². The van der Waals surface area contributed by atoms with E-state index in [0.29, 0.717) is 18.0 Å². The van der Waals surface area contributed by atoms with E-state index >= 15 is 0 Å². The smallest absolute Gasteiger partial charge is 0.229 e. The summed E-state index contributed by atoms with van der Waals surface area (Å²) < 4.78 is 0.992. The molecule has 1 saturated carbocycles. The van der Waals surface area contributed by atoms with Gasteiger partial charge in [0.05, 0.1) is 10.2 Å². The first-order chi connectivity index (χ1) is 14.2. The first-order valence-electron chi connectivity index (χ1n) is 10.2. The molecule has 3 aromatic rings. The molecule has 2 amide bonds. The van der Waals surface area contributed by atoms with Gasteiger partial charge >= 0.3 is 0 Å². The summed E-state index contributed by atoms with van der Waals surface area (Å²) in [4.78, 5) is 29.3. The van der Waals surface area contributed by atoms with Crippen molar-refractivity contribution in [2.45, 2.75) is 44.9 Å². The second-order valence-corrected chi connectivity index (χ2v) is 8.59. The summed E-state index contributed by atoms with van der Waals surface area (Å²) in [7, 11) is 0. The molecule has 0 aliphatic heterocycles. The fraction of sp³-hybridized carbons (Fsp3) is 0.348. The average molecular weight is 408 g/mol. The van der Waals surface area contributed by atoms with Crippen LogP contribution in [0.4, 0.5) is 10.8 Å². The third-order valence-electron chi connectivity index (χ3n) is 5.36. The maximum atomic E-state index is 12.4. The summed E-state index contributed by atoms with van der Waals surface area (Å²) in [5.41, 5.74) is 2.66. The number of amides is 2. The normalized spacial score (nSPS) is 14.6. The lowest BCUT2D eigenvalue weighted by Gasteiger charge is -2.19. The highest BCUT2D eigenvalue weighted by Crippen LogP contribution is 2.30. The van der Waals surface area contributed by atoms with Crippen molar-refractivity contribution >= 4 is 44.2 Å². The first kappa shape index (κ1) is 19.6. The lowest BCUT2D eigenvalue weighted by atomic mass is 9.89. The van der Waals surface area contributed by atoms with Crippen molar-refractivity contribution in [1.82, 2.24) is 4.98 Å². The fourth-order valence-corrected chi connectivity index (χ4v) is 4.61. The molecule has 0 spiro atoms. The van der Waals surface area contributed by atoms with Crippen molar-refractivity contribution in [1.29, 1.82) is 0 Å². The quantitative estimate of drug-likeness (QED) is 0.576. The van der Waals surface area contributed by atoms with Crippen LogP contribution in [0.3, 0.4) is 0 Å². The molecular formula is C23H25N3O2S. The van der Waals surface area contributed by atoms with Gasteiger partial charge in [0.15, 0.2) is 5.13 Å².